The molecule has 2 aromatic carbocycles. The third-order valence-electron chi connectivity index (χ3n) is 3.15. The van der Waals surface area contributed by atoms with Crippen molar-refractivity contribution in [3.05, 3.63) is 60.9 Å². The zero-order valence-electron chi connectivity index (χ0n) is 12.2. The average molecular weight is 325 g/mol. The number of nitrogens with zero attached hydrogens (tertiary/aromatic N) is 1. The molecule has 116 valence electrons. The van der Waals surface area contributed by atoms with E-state index in [0.717, 1.165) is 22.0 Å². The molecule has 23 heavy (non-hydrogen) atoms. The van der Waals surface area contributed by atoms with E-state index in [1.165, 1.54) is 11.8 Å². The molecule has 0 bridgehead atoms. The smallest absolute Gasteiger partial charge is 0.234 e. The van der Waals surface area contributed by atoms with Crippen LogP contribution < -0.4 is 5.32 Å². The fourth-order valence-corrected chi connectivity index (χ4v) is 2.72. The minimum atomic E-state index is -0.0752. The van der Waals surface area contributed by atoms with Crippen LogP contribution in [0.4, 0.5) is 5.69 Å². The van der Waals surface area contributed by atoms with E-state index in [0.29, 0.717) is 5.75 Å². The van der Waals surface area contributed by atoms with Gasteiger partial charge in [-0.1, -0.05) is 0 Å². The number of aromatic hydroxyl groups is 1. The maximum absolute atomic E-state index is 12.0. The quantitative estimate of drug-likeness (QED) is 0.627. The zero-order chi connectivity index (χ0) is 16.1. The fourth-order valence-electron chi connectivity index (χ4n) is 2.02. The Hall–Kier alpha value is -2.73. The third-order valence-corrected chi connectivity index (χ3v) is 4.16. The molecule has 5 nitrogen and oxygen atoms in total. The van der Waals surface area contributed by atoms with E-state index in [4.69, 9.17) is 0 Å². The Morgan fingerprint density at radius 3 is 2.52 bits per heavy atom. The van der Waals surface area contributed by atoms with Crippen LogP contribution in [0.5, 0.6) is 5.75 Å². The molecule has 0 atom stereocenters. The van der Waals surface area contributed by atoms with Crippen molar-refractivity contribution >= 4 is 23.4 Å². The van der Waals surface area contributed by atoms with Gasteiger partial charge in [0, 0.05) is 28.5 Å². The summed E-state index contributed by atoms with van der Waals surface area (Å²) >= 11 is 1.42. The first-order chi connectivity index (χ1) is 11.2. The average Bonchev–Trinajstić information content (AvgIpc) is 3.09. The van der Waals surface area contributed by atoms with Gasteiger partial charge in [-0.15, -0.1) is 11.8 Å². The van der Waals surface area contributed by atoms with Gasteiger partial charge in [0.2, 0.25) is 5.91 Å². The van der Waals surface area contributed by atoms with Crippen LogP contribution in [0, 0.1) is 0 Å². The molecule has 6 heteroatoms. The molecule has 0 spiro atoms. The summed E-state index contributed by atoms with van der Waals surface area (Å²) in [7, 11) is 0. The van der Waals surface area contributed by atoms with Crippen molar-refractivity contribution in [3.63, 3.8) is 0 Å². The molecule has 0 fully saturated rings. The molecule has 1 aromatic heterocycles. The molecule has 0 unspecified atom stereocenters. The van der Waals surface area contributed by atoms with Crippen LogP contribution >= 0.6 is 11.8 Å². The van der Waals surface area contributed by atoms with Crippen molar-refractivity contribution in [1.82, 2.24) is 9.97 Å². The van der Waals surface area contributed by atoms with Gasteiger partial charge in [0.1, 0.15) is 11.6 Å². The van der Waals surface area contributed by atoms with E-state index in [1.807, 2.05) is 24.3 Å². The number of carbonyl (C=O) groups is 1. The largest absolute Gasteiger partial charge is 0.508 e. The number of hydrogen-bond donors (Lipinski definition) is 3. The summed E-state index contributed by atoms with van der Waals surface area (Å²) in [6.45, 7) is 0. The molecule has 0 aliphatic heterocycles. The summed E-state index contributed by atoms with van der Waals surface area (Å²) in [5.74, 6) is 1.25. The van der Waals surface area contributed by atoms with Crippen LogP contribution in [0.3, 0.4) is 0 Å². The molecule has 3 aromatic rings. The number of phenols is 1. The molecule has 0 aliphatic rings. The second-order valence-corrected chi connectivity index (χ2v) is 5.89. The number of benzene rings is 2. The molecule has 3 N–H and O–H groups in total. The van der Waals surface area contributed by atoms with Gasteiger partial charge in [-0.25, -0.2) is 4.98 Å². The first kappa shape index (κ1) is 15.2. The Morgan fingerprint density at radius 1 is 1.13 bits per heavy atom. The number of H-pyrrole nitrogens is 1. The second-order valence-electron chi connectivity index (χ2n) is 4.85. The van der Waals surface area contributed by atoms with Crippen molar-refractivity contribution in [3.8, 4) is 17.1 Å². The highest BCUT2D eigenvalue weighted by atomic mass is 32.2. The van der Waals surface area contributed by atoms with Crippen molar-refractivity contribution in [2.45, 2.75) is 4.90 Å². The second kappa shape index (κ2) is 7.02. The van der Waals surface area contributed by atoms with Gasteiger partial charge in [0.15, 0.2) is 0 Å². The van der Waals surface area contributed by atoms with Crippen LogP contribution in [0.15, 0.2) is 65.8 Å². The molecule has 0 saturated heterocycles. The van der Waals surface area contributed by atoms with Gasteiger partial charge in [0.25, 0.3) is 0 Å². The van der Waals surface area contributed by atoms with Gasteiger partial charge >= 0.3 is 0 Å². The zero-order valence-corrected chi connectivity index (χ0v) is 13.0. The molecule has 1 amide bonds. The van der Waals surface area contributed by atoms with Crippen molar-refractivity contribution in [2.24, 2.45) is 0 Å². The number of hydrogen-bond acceptors (Lipinski definition) is 4. The monoisotopic (exact) mass is 325 g/mol. The van der Waals surface area contributed by atoms with Crippen molar-refractivity contribution < 1.29 is 9.90 Å². The van der Waals surface area contributed by atoms with Gasteiger partial charge in [-0.3, -0.25) is 4.79 Å². The minimum Gasteiger partial charge on any atom is -0.508 e. The van der Waals surface area contributed by atoms with Crippen LogP contribution in [-0.2, 0) is 4.79 Å². The fraction of sp³-hybridized carbons (Fsp3) is 0.0588. The lowest BCUT2D eigenvalue weighted by Gasteiger charge is -2.06. The lowest BCUT2D eigenvalue weighted by molar-refractivity contribution is -0.113. The Balaban J connectivity index is 1.54. The Kier molecular flexibility index (Phi) is 4.63. The number of aromatic amines is 1. The molecule has 0 saturated carbocycles. The van der Waals surface area contributed by atoms with Crippen LogP contribution in [0.2, 0.25) is 0 Å². The molecule has 1 heterocycles. The first-order valence-electron chi connectivity index (χ1n) is 7.02. The highest BCUT2D eigenvalue weighted by Crippen LogP contribution is 2.21. The van der Waals surface area contributed by atoms with Gasteiger partial charge in [0.05, 0.1) is 5.75 Å². The SMILES string of the molecule is O=C(CSc1ccc(O)cc1)Nc1ccc(-c2ncc[nH]2)cc1. The lowest BCUT2D eigenvalue weighted by Crippen LogP contribution is -2.13. The standard InChI is InChI=1S/C17H15N3O2S/c21-14-5-7-15(8-6-14)23-11-16(22)20-13-3-1-12(2-4-13)17-18-9-10-19-17/h1-10,21H,11H2,(H,18,19)(H,20,22). The number of rotatable bonds is 5. The van der Waals surface area contributed by atoms with Gasteiger partial charge in [-0.2, -0.15) is 0 Å². The number of phenolic OH excluding ortho intramolecular Hbond substituents is 1. The number of aromatic nitrogens is 2. The van der Waals surface area contributed by atoms with E-state index in [-0.39, 0.29) is 11.7 Å². The third kappa shape index (κ3) is 4.14. The van der Waals surface area contributed by atoms with Crippen LogP contribution in [0.25, 0.3) is 11.4 Å². The lowest BCUT2D eigenvalue weighted by atomic mass is 10.2. The van der Waals surface area contributed by atoms with Gasteiger partial charge < -0.3 is 15.4 Å². The summed E-state index contributed by atoms with van der Waals surface area (Å²) in [5.41, 5.74) is 1.71. The Morgan fingerprint density at radius 2 is 1.87 bits per heavy atom. The topological polar surface area (TPSA) is 78.0 Å². The van der Waals surface area contributed by atoms with Crippen LogP contribution in [0.1, 0.15) is 0 Å². The maximum Gasteiger partial charge on any atom is 0.234 e. The molecule has 0 aliphatic carbocycles. The highest BCUT2D eigenvalue weighted by Gasteiger charge is 2.05. The van der Waals surface area contributed by atoms with Crippen LogP contribution in [-0.4, -0.2) is 26.7 Å². The maximum atomic E-state index is 12.0. The number of nitrogens with one attached hydrogen (secondary N) is 2. The van der Waals surface area contributed by atoms with Gasteiger partial charge in [-0.05, 0) is 48.5 Å². The summed E-state index contributed by atoms with van der Waals surface area (Å²) in [5, 5.41) is 12.1. The molecular weight excluding hydrogens is 310 g/mol. The number of amides is 1. The highest BCUT2D eigenvalue weighted by molar-refractivity contribution is 8.00. The Labute approximate surface area is 137 Å². The van der Waals surface area contributed by atoms with E-state index >= 15 is 0 Å². The van der Waals surface area contributed by atoms with E-state index < -0.39 is 0 Å². The summed E-state index contributed by atoms with van der Waals surface area (Å²) in [6.07, 6.45) is 3.47. The molecule has 3 rings (SSSR count). The summed E-state index contributed by atoms with van der Waals surface area (Å²) in [6, 6.07) is 14.3. The van der Waals surface area contributed by atoms with E-state index in [2.05, 4.69) is 15.3 Å². The molecular formula is C17H15N3O2S. The van der Waals surface area contributed by atoms with E-state index in [1.54, 1.807) is 36.7 Å². The summed E-state index contributed by atoms with van der Waals surface area (Å²) in [4.78, 5) is 20.1. The first-order valence-corrected chi connectivity index (χ1v) is 8.01. The van der Waals surface area contributed by atoms with Crippen molar-refractivity contribution in [2.75, 3.05) is 11.1 Å². The van der Waals surface area contributed by atoms with E-state index in [9.17, 15) is 9.90 Å². The molecule has 0 radical (unpaired) electrons. The summed E-state index contributed by atoms with van der Waals surface area (Å²) < 4.78 is 0. The number of thioether (sulfide) groups is 1. The van der Waals surface area contributed by atoms with Crippen molar-refractivity contribution in [1.29, 1.82) is 0 Å². The minimum absolute atomic E-state index is 0.0752. The number of imidazole rings is 1. The normalized spacial score (nSPS) is 10.4. The Bertz CT molecular complexity index is 769. The number of anilines is 1. The number of carbonyl (C=O) groups excluding carboxylic acids is 1. The predicted molar refractivity (Wildman–Crippen MR) is 91.5 cm³/mol. The predicted octanol–water partition coefficient (Wildman–Crippen LogP) is 3.51.